The lowest BCUT2D eigenvalue weighted by atomic mass is 9.93. The minimum absolute atomic E-state index is 0.113. The number of nitrogens with one attached hydrogen (secondary N) is 1. The van der Waals surface area contributed by atoms with Crippen LogP contribution in [0.1, 0.15) is 18.5 Å². The molecule has 0 saturated carbocycles. The molecule has 0 spiro atoms. The van der Waals surface area contributed by atoms with Gasteiger partial charge in [-0.2, -0.15) is 5.10 Å². The second-order valence-electron chi connectivity index (χ2n) is 5.42. The first kappa shape index (κ1) is 13.8. The van der Waals surface area contributed by atoms with E-state index >= 15 is 0 Å². The Morgan fingerprint density at radius 1 is 1.38 bits per heavy atom. The molecular formula is C16H19FN4. The molecule has 1 aromatic carbocycles. The molecule has 0 fully saturated rings. The van der Waals surface area contributed by atoms with E-state index in [0.717, 1.165) is 22.2 Å². The molecule has 110 valence electrons. The molecule has 0 saturated heterocycles. The van der Waals surface area contributed by atoms with Crippen LogP contribution in [0.2, 0.25) is 0 Å². The third kappa shape index (κ3) is 2.33. The fourth-order valence-corrected chi connectivity index (χ4v) is 3.00. The number of anilines is 1. The largest absolute Gasteiger partial charge is 0.388 e. The maximum atomic E-state index is 13.9. The Labute approximate surface area is 123 Å². The number of benzene rings is 1. The quantitative estimate of drug-likeness (QED) is 0.943. The summed E-state index contributed by atoms with van der Waals surface area (Å²) in [6, 6.07) is 7.80. The highest BCUT2D eigenvalue weighted by atomic mass is 19.1. The normalized spacial score (nSPS) is 22.8. The lowest BCUT2D eigenvalue weighted by Gasteiger charge is -2.25. The van der Waals surface area contributed by atoms with Gasteiger partial charge in [0.05, 0.1) is 17.7 Å². The predicted octanol–water partition coefficient (Wildman–Crippen LogP) is 3.02. The van der Waals surface area contributed by atoms with Gasteiger partial charge in [-0.05, 0) is 24.4 Å². The zero-order valence-corrected chi connectivity index (χ0v) is 12.4. The molecule has 3 unspecified atom stereocenters. The summed E-state index contributed by atoms with van der Waals surface area (Å²) in [5.41, 5.74) is 1.90. The van der Waals surface area contributed by atoms with Crippen molar-refractivity contribution in [2.24, 2.45) is 5.10 Å². The predicted molar refractivity (Wildman–Crippen MR) is 84.6 cm³/mol. The van der Waals surface area contributed by atoms with Crippen LogP contribution in [-0.4, -0.2) is 42.5 Å². The molecular weight excluding hydrogens is 267 g/mol. The summed E-state index contributed by atoms with van der Waals surface area (Å²) in [6.45, 7) is 1.57. The number of rotatable bonds is 3. The van der Waals surface area contributed by atoms with Gasteiger partial charge in [-0.3, -0.25) is 9.99 Å². The van der Waals surface area contributed by atoms with Crippen LogP contribution in [-0.2, 0) is 0 Å². The molecule has 3 atom stereocenters. The number of likely N-dealkylation sites (N-methyl/N-ethyl adjacent to an activating group) is 1. The SMILES string of the molecule is CNc1cccc2cc(C3C=NN(C)C3C(C)F)ncc12. The van der Waals surface area contributed by atoms with E-state index in [0.29, 0.717) is 0 Å². The van der Waals surface area contributed by atoms with Crippen molar-refractivity contribution in [2.75, 3.05) is 19.4 Å². The molecule has 1 aliphatic heterocycles. The minimum atomic E-state index is -0.969. The highest BCUT2D eigenvalue weighted by molar-refractivity contribution is 5.93. The van der Waals surface area contributed by atoms with Crippen molar-refractivity contribution in [3.8, 4) is 0 Å². The summed E-state index contributed by atoms with van der Waals surface area (Å²) in [5, 5.41) is 11.2. The van der Waals surface area contributed by atoms with E-state index in [1.807, 2.05) is 37.5 Å². The average Bonchev–Trinajstić information content (AvgIpc) is 2.88. The van der Waals surface area contributed by atoms with E-state index in [4.69, 9.17) is 0 Å². The van der Waals surface area contributed by atoms with Crippen molar-refractivity contribution in [2.45, 2.75) is 25.1 Å². The lowest BCUT2D eigenvalue weighted by Crippen LogP contribution is -2.36. The number of hydrogen-bond donors (Lipinski definition) is 1. The number of pyridine rings is 1. The third-order valence-corrected chi connectivity index (χ3v) is 4.08. The number of hydrogen-bond acceptors (Lipinski definition) is 4. The van der Waals surface area contributed by atoms with Crippen molar-refractivity contribution in [3.63, 3.8) is 0 Å². The van der Waals surface area contributed by atoms with Gasteiger partial charge in [0.2, 0.25) is 0 Å². The molecule has 2 aromatic rings. The Morgan fingerprint density at radius 2 is 2.19 bits per heavy atom. The van der Waals surface area contributed by atoms with Gasteiger partial charge in [0.25, 0.3) is 0 Å². The molecule has 0 bridgehead atoms. The van der Waals surface area contributed by atoms with Crippen LogP contribution >= 0.6 is 0 Å². The van der Waals surface area contributed by atoms with E-state index in [9.17, 15) is 4.39 Å². The number of halogens is 1. The second-order valence-corrected chi connectivity index (χ2v) is 5.42. The summed E-state index contributed by atoms with van der Waals surface area (Å²) in [5.74, 6) is -0.113. The molecule has 0 aliphatic carbocycles. The average molecular weight is 286 g/mol. The first-order chi connectivity index (χ1) is 10.1. The maximum absolute atomic E-state index is 13.9. The summed E-state index contributed by atoms with van der Waals surface area (Å²) in [6.07, 6.45) is 2.67. The van der Waals surface area contributed by atoms with Gasteiger partial charge < -0.3 is 5.32 Å². The smallest absolute Gasteiger partial charge is 0.120 e. The Balaban J connectivity index is 2.04. The number of fused-ring (bicyclic) bond motifs is 1. The van der Waals surface area contributed by atoms with Gasteiger partial charge in [0, 0.05) is 37.6 Å². The second kappa shape index (κ2) is 5.31. The molecule has 2 heterocycles. The molecule has 1 N–H and O–H groups in total. The molecule has 3 rings (SSSR count). The standard InChI is InChI=1S/C16H19FN4/c1-10(17)16-13(9-20-21(16)3)15-7-11-5-4-6-14(18-2)12(11)8-19-15/h4-10,13,16,18H,1-3H3. The third-order valence-electron chi connectivity index (χ3n) is 4.08. The maximum Gasteiger partial charge on any atom is 0.120 e. The van der Waals surface area contributed by atoms with Gasteiger partial charge in [0.1, 0.15) is 6.17 Å². The highest BCUT2D eigenvalue weighted by Gasteiger charge is 2.35. The van der Waals surface area contributed by atoms with Crippen LogP contribution in [0, 0.1) is 0 Å². The zero-order valence-electron chi connectivity index (χ0n) is 12.4. The van der Waals surface area contributed by atoms with Crippen LogP contribution in [0.3, 0.4) is 0 Å². The first-order valence-electron chi connectivity index (χ1n) is 7.09. The van der Waals surface area contributed by atoms with Crippen molar-refractivity contribution in [1.82, 2.24) is 9.99 Å². The van der Waals surface area contributed by atoms with Crippen LogP contribution in [0.4, 0.5) is 10.1 Å². The molecule has 0 radical (unpaired) electrons. The summed E-state index contributed by atoms with van der Waals surface area (Å²) < 4.78 is 13.9. The topological polar surface area (TPSA) is 40.5 Å². The molecule has 0 amide bonds. The van der Waals surface area contributed by atoms with Crippen molar-refractivity contribution >= 4 is 22.7 Å². The fourth-order valence-electron chi connectivity index (χ4n) is 3.00. The number of nitrogens with zero attached hydrogens (tertiary/aromatic N) is 3. The van der Waals surface area contributed by atoms with Gasteiger partial charge in [-0.25, -0.2) is 4.39 Å². The van der Waals surface area contributed by atoms with Crippen LogP contribution in [0.15, 0.2) is 35.6 Å². The molecule has 1 aromatic heterocycles. The summed E-state index contributed by atoms with van der Waals surface area (Å²) >= 11 is 0. The number of hydrazone groups is 1. The highest BCUT2D eigenvalue weighted by Crippen LogP contribution is 2.31. The van der Waals surface area contributed by atoms with Crippen molar-refractivity contribution in [1.29, 1.82) is 0 Å². The Kier molecular flexibility index (Phi) is 3.49. The minimum Gasteiger partial charge on any atom is -0.388 e. The van der Waals surface area contributed by atoms with E-state index in [1.54, 1.807) is 25.2 Å². The van der Waals surface area contributed by atoms with E-state index in [-0.39, 0.29) is 12.0 Å². The first-order valence-corrected chi connectivity index (χ1v) is 7.09. The number of aromatic nitrogens is 1. The van der Waals surface area contributed by atoms with Gasteiger partial charge in [-0.15, -0.1) is 0 Å². The lowest BCUT2D eigenvalue weighted by molar-refractivity contribution is 0.159. The van der Waals surface area contributed by atoms with E-state index in [2.05, 4.69) is 15.4 Å². The van der Waals surface area contributed by atoms with Crippen LogP contribution < -0.4 is 5.32 Å². The zero-order chi connectivity index (χ0) is 15.0. The molecule has 21 heavy (non-hydrogen) atoms. The van der Waals surface area contributed by atoms with Crippen LogP contribution in [0.5, 0.6) is 0 Å². The Morgan fingerprint density at radius 3 is 2.90 bits per heavy atom. The molecule has 4 nitrogen and oxygen atoms in total. The molecule has 1 aliphatic rings. The fraction of sp³-hybridized carbons (Fsp3) is 0.375. The Hall–Kier alpha value is -2.17. The summed E-state index contributed by atoms with van der Waals surface area (Å²) in [4.78, 5) is 4.54. The molecule has 5 heteroatoms. The monoisotopic (exact) mass is 286 g/mol. The number of alkyl halides is 1. The van der Waals surface area contributed by atoms with Crippen LogP contribution in [0.25, 0.3) is 10.8 Å². The summed E-state index contributed by atoms with van der Waals surface area (Å²) in [7, 11) is 3.69. The van der Waals surface area contributed by atoms with E-state index in [1.165, 1.54) is 0 Å². The van der Waals surface area contributed by atoms with Gasteiger partial charge in [0.15, 0.2) is 0 Å². The van der Waals surface area contributed by atoms with E-state index < -0.39 is 6.17 Å². The van der Waals surface area contributed by atoms with Crippen molar-refractivity contribution in [3.05, 3.63) is 36.2 Å². The van der Waals surface area contributed by atoms with Crippen molar-refractivity contribution < 1.29 is 4.39 Å². The Bertz CT molecular complexity index is 683. The van der Waals surface area contributed by atoms with Gasteiger partial charge >= 0.3 is 0 Å². The van der Waals surface area contributed by atoms with Gasteiger partial charge in [-0.1, -0.05) is 12.1 Å².